The molecule has 84 valence electrons. The second-order valence-corrected chi connectivity index (χ2v) is 5.14. The Balaban J connectivity index is 2.33. The predicted octanol–water partition coefficient (Wildman–Crippen LogP) is 2.19. The van der Waals surface area contributed by atoms with Crippen molar-refractivity contribution in [2.75, 3.05) is 12.4 Å². The molecule has 2 atom stereocenters. The maximum absolute atomic E-state index is 8.77. The Morgan fingerprint density at radius 2 is 2.00 bits per heavy atom. The number of thioether (sulfide) groups is 1. The molecule has 1 rings (SSSR count). The van der Waals surface area contributed by atoms with Gasteiger partial charge in [0.05, 0.1) is 0 Å². The van der Waals surface area contributed by atoms with Crippen LogP contribution in [0.1, 0.15) is 24.9 Å². The summed E-state index contributed by atoms with van der Waals surface area (Å²) in [6, 6.07) is 10.2. The zero-order valence-electron chi connectivity index (χ0n) is 9.10. The summed E-state index contributed by atoms with van der Waals surface area (Å²) in [5.41, 5.74) is 7.24. The third kappa shape index (κ3) is 4.69. The summed E-state index contributed by atoms with van der Waals surface area (Å²) in [6.07, 6.45) is 0.839. The lowest BCUT2D eigenvalue weighted by molar-refractivity contribution is 0.289. The molecular weight excluding hydrogens is 206 g/mol. The molecule has 0 aliphatic carbocycles. The van der Waals surface area contributed by atoms with Crippen LogP contribution in [0.2, 0.25) is 0 Å². The lowest BCUT2D eigenvalue weighted by Crippen LogP contribution is -2.15. The van der Waals surface area contributed by atoms with Gasteiger partial charge in [-0.3, -0.25) is 0 Å². The molecule has 0 spiro atoms. The first-order chi connectivity index (χ1) is 7.24. The van der Waals surface area contributed by atoms with Crippen molar-refractivity contribution >= 4 is 11.8 Å². The van der Waals surface area contributed by atoms with E-state index in [0.717, 1.165) is 12.2 Å². The van der Waals surface area contributed by atoms with Crippen LogP contribution < -0.4 is 5.73 Å². The summed E-state index contributed by atoms with van der Waals surface area (Å²) >= 11 is 1.82. The van der Waals surface area contributed by atoms with Gasteiger partial charge in [0.25, 0.3) is 0 Å². The van der Waals surface area contributed by atoms with Crippen molar-refractivity contribution in [3.05, 3.63) is 35.9 Å². The summed E-state index contributed by atoms with van der Waals surface area (Å²) in [5.74, 6) is 0.908. The van der Waals surface area contributed by atoms with Crippen LogP contribution in [0.4, 0.5) is 0 Å². The topological polar surface area (TPSA) is 46.2 Å². The van der Waals surface area contributed by atoms with E-state index in [1.54, 1.807) is 0 Å². The normalized spacial score (nSPS) is 14.9. The summed E-state index contributed by atoms with van der Waals surface area (Å²) in [5, 5.41) is 9.25. The SMILES string of the molecule is CC(CCO)SCC(N)c1ccccc1. The van der Waals surface area contributed by atoms with Gasteiger partial charge in [-0.15, -0.1) is 0 Å². The highest BCUT2D eigenvalue weighted by Gasteiger charge is 2.08. The largest absolute Gasteiger partial charge is 0.396 e. The second-order valence-electron chi connectivity index (χ2n) is 3.67. The molecule has 1 aromatic rings. The third-order valence-corrected chi connectivity index (χ3v) is 3.68. The summed E-state index contributed by atoms with van der Waals surface area (Å²) in [6.45, 7) is 2.38. The van der Waals surface area contributed by atoms with Crippen LogP contribution in [0.3, 0.4) is 0 Å². The van der Waals surface area contributed by atoms with E-state index in [2.05, 4.69) is 19.1 Å². The summed E-state index contributed by atoms with van der Waals surface area (Å²) < 4.78 is 0. The Kier molecular flexibility index (Phi) is 5.76. The van der Waals surface area contributed by atoms with Gasteiger partial charge in [-0.25, -0.2) is 0 Å². The van der Waals surface area contributed by atoms with Crippen LogP contribution in [0, 0.1) is 0 Å². The van der Waals surface area contributed by atoms with Crippen molar-refractivity contribution in [2.45, 2.75) is 24.6 Å². The highest BCUT2D eigenvalue weighted by Crippen LogP contribution is 2.20. The van der Waals surface area contributed by atoms with E-state index in [1.165, 1.54) is 5.56 Å². The highest BCUT2D eigenvalue weighted by molar-refractivity contribution is 7.99. The summed E-state index contributed by atoms with van der Waals surface area (Å²) in [7, 11) is 0. The van der Waals surface area contributed by atoms with Crippen molar-refractivity contribution in [1.29, 1.82) is 0 Å². The van der Waals surface area contributed by atoms with E-state index in [0.29, 0.717) is 5.25 Å². The Bertz CT molecular complexity index is 266. The maximum atomic E-state index is 8.77. The van der Waals surface area contributed by atoms with E-state index in [-0.39, 0.29) is 12.6 Å². The molecule has 0 aliphatic rings. The highest BCUT2D eigenvalue weighted by atomic mass is 32.2. The van der Waals surface area contributed by atoms with E-state index in [1.807, 2.05) is 30.0 Å². The molecule has 0 heterocycles. The first-order valence-electron chi connectivity index (χ1n) is 5.27. The lowest BCUT2D eigenvalue weighted by atomic mass is 10.1. The van der Waals surface area contributed by atoms with E-state index >= 15 is 0 Å². The van der Waals surface area contributed by atoms with Gasteiger partial charge in [0, 0.05) is 23.7 Å². The van der Waals surface area contributed by atoms with Crippen molar-refractivity contribution in [3.8, 4) is 0 Å². The Morgan fingerprint density at radius 1 is 1.33 bits per heavy atom. The van der Waals surface area contributed by atoms with Gasteiger partial charge in [0.1, 0.15) is 0 Å². The van der Waals surface area contributed by atoms with Crippen LogP contribution in [0.15, 0.2) is 30.3 Å². The van der Waals surface area contributed by atoms with Gasteiger partial charge < -0.3 is 10.8 Å². The van der Waals surface area contributed by atoms with E-state index < -0.39 is 0 Å². The maximum Gasteiger partial charge on any atom is 0.0441 e. The molecule has 2 nitrogen and oxygen atoms in total. The number of rotatable bonds is 6. The van der Waals surface area contributed by atoms with Gasteiger partial charge in [0.15, 0.2) is 0 Å². The molecule has 0 amide bonds. The second kappa shape index (κ2) is 6.88. The van der Waals surface area contributed by atoms with Gasteiger partial charge in [0.2, 0.25) is 0 Å². The first kappa shape index (κ1) is 12.6. The van der Waals surface area contributed by atoms with Crippen molar-refractivity contribution < 1.29 is 5.11 Å². The predicted molar refractivity (Wildman–Crippen MR) is 67.0 cm³/mol. The minimum Gasteiger partial charge on any atom is -0.396 e. The minimum absolute atomic E-state index is 0.0948. The number of nitrogens with two attached hydrogens (primary N) is 1. The molecule has 0 bridgehead atoms. The van der Waals surface area contributed by atoms with E-state index in [9.17, 15) is 0 Å². The molecule has 0 aliphatic heterocycles. The molecule has 1 aromatic carbocycles. The Hall–Kier alpha value is -0.510. The lowest BCUT2D eigenvalue weighted by Gasteiger charge is -2.14. The molecule has 3 N–H and O–H groups in total. The Morgan fingerprint density at radius 3 is 2.60 bits per heavy atom. The summed E-state index contributed by atoms with van der Waals surface area (Å²) in [4.78, 5) is 0. The zero-order valence-corrected chi connectivity index (χ0v) is 9.91. The van der Waals surface area contributed by atoms with Crippen molar-refractivity contribution in [2.24, 2.45) is 5.73 Å². The number of benzene rings is 1. The molecule has 0 saturated carbocycles. The van der Waals surface area contributed by atoms with Crippen LogP contribution in [0.25, 0.3) is 0 Å². The van der Waals surface area contributed by atoms with Crippen LogP contribution in [-0.4, -0.2) is 22.7 Å². The van der Waals surface area contributed by atoms with Crippen molar-refractivity contribution in [1.82, 2.24) is 0 Å². The van der Waals surface area contributed by atoms with Crippen LogP contribution >= 0.6 is 11.8 Å². The fraction of sp³-hybridized carbons (Fsp3) is 0.500. The monoisotopic (exact) mass is 225 g/mol. The quantitative estimate of drug-likeness (QED) is 0.780. The van der Waals surface area contributed by atoms with Gasteiger partial charge in [-0.1, -0.05) is 37.3 Å². The van der Waals surface area contributed by atoms with Crippen molar-refractivity contribution in [3.63, 3.8) is 0 Å². The Labute approximate surface area is 95.9 Å². The smallest absolute Gasteiger partial charge is 0.0441 e. The minimum atomic E-state index is 0.0948. The van der Waals surface area contributed by atoms with Gasteiger partial charge in [-0.2, -0.15) is 11.8 Å². The molecule has 3 heteroatoms. The van der Waals surface area contributed by atoms with E-state index in [4.69, 9.17) is 10.8 Å². The average molecular weight is 225 g/mol. The fourth-order valence-corrected chi connectivity index (χ4v) is 2.33. The number of aliphatic hydroxyl groups excluding tert-OH is 1. The first-order valence-corrected chi connectivity index (χ1v) is 6.32. The molecule has 0 saturated heterocycles. The molecule has 0 fully saturated rings. The molecule has 15 heavy (non-hydrogen) atoms. The third-order valence-electron chi connectivity index (χ3n) is 2.32. The number of aliphatic hydroxyl groups is 1. The van der Waals surface area contributed by atoms with Gasteiger partial charge in [-0.05, 0) is 12.0 Å². The van der Waals surface area contributed by atoms with Gasteiger partial charge >= 0.3 is 0 Å². The molecule has 0 aromatic heterocycles. The standard InChI is InChI=1S/C12H19NOS/c1-10(7-8-14)15-9-12(13)11-5-3-2-4-6-11/h2-6,10,12,14H,7-9,13H2,1H3. The molecule has 2 unspecified atom stereocenters. The van der Waals surface area contributed by atoms with Crippen LogP contribution in [0.5, 0.6) is 0 Å². The zero-order chi connectivity index (χ0) is 11.1. The molecule has 0 radical (unpaired) electrons. The molecular formula is C12H19NOS. The number of hydrogen-bond donors (Lipinski definition) is 2. The van der Waals surface area contributed by atoms with Crippen LogP contribution in [-0.2, 0) is 0 Å². The number of hydrogen-bond acceptors (Lipinski definition) is 3. The average Bonchev–Trinajstić information content (AvgIpc) is 2.27. The fourth-order valence-electron chi connectivity index (χ4n) is 1.33.